The van der Waals surface area contributed by atoms with Crippen LogP contribution in [0, 0.1) is 0 Å². The average molecular weight is 287 g/mol. The highest BCUT2D eigenvalue weighted by molar-refractivity contribution is 6.31. The first-order valence-electron chi connectivity index (χ1n) is 6.45. The number of rotatable bonds is 4. The second-order valence-electron chi connectivity index (χ2n) is 4.72. The summed E-state index contributed by atoms with van der Waals surface area (Å²) in [5, 5.41) is 14.4. The Morgan fingerprint density at radius 2 is 2.05 bits per heavy atom. The molecule has 0 bridgehead atoms. The predicted molar refractivity (Wildman–Crippen MR) is 83.0 cm³/mol. The van der Waals surface area contributed by atoms with Gasteiger partial charge in [-0.2, -0.15) is 0 Å². The van der Waals surface area contributed by atoms with Gasteiger partial charge in [0.1, 0.15) is 0 Å². The molecular formula is C16H15ClN2O. The number of benzene rings is 2. The van der Waals surface area contributed by atoms with Gasteiger partial charge in [-0.05, 0) is 35.4 Å². The van der Waals surface area contributed by atoms with Gasteiger partial charge in [-0.15, -0.1) is 0 Å². The highest BCUT2D eigenvalue weighted by Gasteiger charge is 2.04. The number of H-pyrrole nitrogens is 1. The van der Waals surface area contributed by atoms with Crippen LogP contribution in [0.1, 0.15) is 11.1 Å². The van der Waals surface area contributed by atoms with Gasteiger partial charge in [-0.3, -0.25) is 0 Å². The molecule has 0 saturated heterocycles. The van der Waals surface area contributed by atoms with Crippen LogP contribution in [0.25, 0.3) is 10.9 Å². The standard InChI is InChI=1S/C16H15ClN2O/c17-13-4-5-15-12(9-19-16(15)7-13)8-18-14-3-1-2-11(6-14)10-20/h1-7,9,18-20H,8,10H2. The van der Waals surface area contributed by atoms with Crippen molar-refractivity contribution < 1.29 is 5.11 Å². The van der Waals surface area contributed by atoms with Gasteiger partial charge in [0, 0.05) is 34.4 Å². The molecule has 2 aromatic carbocycles. The van der Waals surface area contributed by atoms with E-state index in [0.717, 1.165) is 28.3 Å². The molecule has 0 aliphatic heterocycles. The zero-order valence-electron chi connectivity index (χ0n) is 10.9. The number of hydrogen-bond donors (Lipinski definition) is 3. The summed E-state index contributed by atoms with van der Waals surface area (Å²) in [6, 6.07) is 13.6. The Morgan fingerprint density at radius 3 is 2.90 bits per heavy atom. The van der Waals surface area contributed by atoms with Crippen LogP contribution >= 0.6 is 11.6 Å². The highest BCUT2D eigenvalue weighted by atomic mass is 35.5. The summed E-state index contributed by atoms with van der Waals surface area (Å²) in [6.45, 7) is 0.775. The lowest BCUT2D eigenvalue weighted by Gasteiger charge is -2.07. The van der Waals surface area contributed by atoms with Crippen LogP contribution < -0.4 is 5.32 Å². The monoisotopic (exact) mass is 286 g/mol. The van der Waals surface area contributed by atoms with Gasteiger partial charge in [0.25, 0.3) is 0 Å². The van der Waals surface area contributed by atoms with Crippen LogP contribution in [-0.2, 0) is 13.2 Å². The van der Waals surface area contributed by atoms with E-state index >= 15 is 0 Å². The molecule has 102 valence electrons. The molecule has 3 N–H and O–H groups in total. The van der Waals surface area contributed by atoms with E-state index in [1.807, 2.05) is 48.7 Å². The van der Waals surface area contributed by atoms with Crippen LogP contribution in [0.15, 0.2) is 48.7 Å². The molecule has 3 aromatic rings. The van der Waals surface area contributed by atoms with Gasteiger partial charge in [-0.1, -0.05) is 29.8 Å². The second kappa shape index (κ2) is 5.57. The Balaban J connectivity index is 1.79. The van der Waals surface area contributed by atoms with Crippen molar-refractivity contribution in [3.63, 3.8) is 0 Å². The van der Waals surface area contributed by atoms with E-state index in [4.69, 9.17) is 16.7 Å². The van der Waals surface area contributed by atoms with E-state index in [-0.39, 0.29) is 6.61 Å². The molecule has 4 heteroatoms. The first kappa shape index (κ1) is 13.0. The van der Waals surface area contributed by atoms with Gasteiger partial charge < -0.3 is 15.4 Å². The van der Waals surface area contributed by atoms with E-state index in [1.165, 1.54) is 10.9 Å². The summed E-state index contributed by atoms with van der Waals surface area (Å²) in [4.78, 5) is 3.22. The van der Waals surface area contributed by atoms with Gasteiger partial charge in [0.15, 0.2) is 0 Å². The number of nitrogens with one attached hydrogen (secondary N) is 2. The molecule has 0 saturated carbocycles. The summed E-state index contributed by atoms with van der Waals surface area (Å²) in [5.41, 5.74) is 4.13. The fourth-order valence-electron chi connectivity index (χ4n) is 2.28. The van der Waals surface area contributed by atoms with Crippen LogP contribution in [0.3, 0.4) is 0 Å². The minimum Gasteiger partial charge on any atom is -0.392 e. The molecule has 3 nitrogen and oxygen atoms in total. The molecule has 0 unspecified atom stereocenters. The van der Waals surface area contributed by atoms with Crippen molar-refractivity contribution in [3.05, 3.63) is 64.8 Å². The van der Waals surface area contributed by atoms with E-state index in [2.05, 4.69) is 10.3 Å². The molecule has 0 aliphatic carbocycles. The van der Waals surface area contributed by atoms with Gasteiger partial charge >= 0.3 is 0 Å². The zero-order chi connectivity index (χ0) is 13.9. The summed E-state index contributed by atoms with van der Waals surface area (Å²) in [6.07, 6.45) is 1.99. The van der Waals surface area contributed by atoms with E-state index in [0.29, 0.717) is 0 Å². The quantitative estimate of drug-likeness (QED) is 0.681. The lowest BCUT2D eigenvalue weighted by atomic mass is 10.1. The average Bonchev–Trinajstić information content (AvgIpc) is 2.87. The number of aromatic nitrogens is 1. The maximum absolute atomic E-state index is 9.14. The van der Waals surface area contributed by atoms with Crippen molar-refractivity contribution in [1.82, 2.24) is 4.98 Å². The van der Waals surface area contributed by atoms with Crippen molar-refractivity contribution in [2.75, 3.05) is 5.32 Å². The maximum Gasteiger partial charge on any atom is 0.0682 e. The van der Waals surface area contributed by atoms with Crippen molar-refractivity contribution in [3.8, 4) is 0 Å². The SMILES string of the molecule is OCc1cccc(NCc2c[nH]c3cc(Cl)ccc23)c1. The molecule has 0 fully saturated rings. The Kier molecular flexibility index (Phi) is 3.63. The van der Waals surface area contributed by atoms with Crippen LogP contribution in [0.5, 0.6) is 0 Å². The molecule has 0 aliphatic rings. The molecule has 20 heavy (non-hydrogen) atoms. The Hall–Kier alpha value is -1.97. The van der Waals surface area contributed by atoms with Crippen molar-refractivity contribution in [2.45, 2.75) is 13.2 Å². The van der Waals surface area contributed by atoms with Crippen LogP contribution in [0.2, 0.25) is 5.02 Å². The lowest BCUT2D eigenvalue weighted by Crippen LogP contribution is -1.99. The molecular weight excluding hydrogens is 272 g/mol. The smallest absolute Gasteiger partial charge is 0.0682 e. The molecule has 3 rings (SSSR count). The topological polar surface area (TPSA) is 48.0 Å². The third-order valence-electron chi connectivity index (χ3n) is 3.32. The Morgan fingerprint density at radius 1 is 1.15 bits per heavy atom. The largest absolute Gasteiger partial charge is 0.392 e. The maximum atomic E-state index is 9.14. The van der Waals surface area contributed by atoms with E-state index in [9.17, 15) is 0 Å². The first-order valence-corrected chi connectivity index (χ1v) is 6.83. The first-order chi connectivity index (χ1) is 9.76. The number of halogens is 1. The van der Waals surface area contributed by atoms with Gasteiger partial charge in [-0.25, -0.2) is 0 Å². The highest BCUT2D eigenvalue weighted by Crippen LogP contribution is 2.23. The predicted octanol–water partition coefficient (Wildman–Crippen LogP) is 3.93. The summed E-state index contributed by atoms with van der Waals surface area (Å²) in [7, 11) is 0. The molecule has 0 atom stereocenters. The molecule has 0 amide bonds. The fourth-order valence-corrected chi connectivity index (χ4v) is 2.45. The number of aromatic amines is 1. The Bertz CT molecular complexity index is 736. The van der Waals surface area contributed by atoms with E-state index in [1.54, 1.807) is 0 Å². The Labute approximate surface area is 122 Å². The van der Waals surface area contributed by atoms with Gasteiger partial charge in [0.05, 0.1) is 6.61 Å². The molecule has 0 radical (unpaired) electrons. The molecule has 1 aromatic heterocycles. The van der Waals surface area contributed by atoms with Crippen molar-refractivity contribution in [2.24, 2.45) is 0 Å². The number of hydrogen-bond acceptors (Lipinski definition) is 2. The summed E-state index contributed by atoms with van der Waals surface area (Å²) < 4.78 is 0. The van der Waals surface area contributed by atoms with Crippen LogP contribution in [0.4, 0.5) is 5.69 Å². The van der Waals surface area contributed by atoms with Crippen molar-refractivity contribution >= 4 is 28.2 Å². The summed E-state index contributed by atoms with van der Waals surface area (Å²) >= 11 is 5.97. The fraction of sp³-hybridized carbons (Fsp3) is 0.125. The minimum absolute atomic E-state index is 0.0567. The van der Waals surface area contributed by atoms with Gasteiger partial charge in [0.2, 0.25) is 0 Å². The number of aliphatic hydroxyl groups excluding tert-OH is 1. The zero-order valence-corrected chi connectivity index (χ0v) is 11.6. The molecule has 1 heterocycles. The number of anilines is 1. The van der Waals surface area contributed by atoms with Crippen molar-refractivity contribution in [1.29, 1.82) is 0 Å². The minimum atomic E-state index is 0.0567. The third-order valence-corrected chi connectivity index (χ3v) is 3.56. The number of fused-ring (bicyclic) bond motifs is 1. The lowest BCUT2D eigenvalue weighted by molar-refractivity contribution is 0.282. The number of aliphatic hydroxyl groups is 1. The second-order valence-corrected chi connectivity index (χ2v) is 5.15. The normalized spacial score (nSPS) is 10.9. The van der Waals surface area contributed by atoms with Crippen LogP contribution in [-0.4, -0.2) is 10.1 Å². The third kappa shape index (κ3) is 2.64. The van der Waals surface area contributed by atoms with E-state index < -0.39 is 0 Å². The summed E-state index contributed by atoms with van der Waals surface area (Å²) in [5.74, 6) is 0. The molecule has 0 spiro atoms.